The maximum atomic E-state index is 9.19. The molecule has 0 saturated heterocycles. The van der Waals surface area contributed by atoms with E-state index >= 15 is 0 Å². The van der Waals surface area contributed by atoms with Crippen molar-refractivity contribution < 1.29 is 19.8 Å². The highest BCUT2D eigenvalue weighted by atomic mass is 16.6. The molecule has 0 aliphatic rings. The third-order valence-corrected chi connectivity index (χ3v) is 1.41. The third-order valence-electron chi connectivity index (χ3n) is 1.41. The summed E-state index contributed by atoms with van der Waals surface area (Å²) in [6.07, 6.45) is 0. The van der Waals surface area contributed by atoms with Gasteiger partial charge in [0.15, 0.2) is 5.75 Å². The van der Waals surface area contributed by atoms with Crippen molar-refractivity contribution in [3.05, 3.63) is 23.8 Å². The highest BCUT2D eigenvalue weighted by molar-refractivity contribution is 6.33. The van der Waals surface area contributed by atoms with Gasteiger partial charge in [0.05, 0.1) is 0 Å². The largest absolute Gasteiger partial charge is 0.707 e. The molecule has 0 aliphatic carbocycles. The van der Waals surface area contributed by atoms with Gasteiger partial charge in [-0.3, -0.25) is 0 Å². The lowest BCUT2D eigenvalue weighted by atomic mass is 10.2. The molecule has 0 atom stereocenters. The van der Waals surface area contributed by atoms with Crippen molar-refractivity contribution >= 4 is 7.32 Å². The molecule has 0 saturated carbocycles. The molecule has 4 nitrogen and oxygen atoms in total. The molecular weight excluding hydrogens is 159 g/mol. The van der Waals surface area contributed by atoms with Crippen LogP contribution in [0.15, 0.2) is 18.2 Å². The van der Waals surface area contributed by atoms with Crippen LogP contribution in [-0.4, -0.2) is 22.5 Å². The van der Waals surface area contributed by atoms with Crippen molar-refractivity contribution in [2.75, 3.05) is 0 Å². The van der Waals surface area contributed by atoms with E-state index in [9.17, 15) is 5.11 Å². The van der Waals surface area contributed by atoms with Crippen molar-refractivity contribution in [3.63, 3.8) is 0 Å². The maximum Gasteiger partial charge on any atom is 0.707 e. The number of aromatic hydroxyl groups is 1. The Morgan fingerprint density at radius 2 is 2.00 bits per heavy atom. The van der Waals surface area contributed by atoms with Crippen LogP contribution in [0.2, 0.25) is 0 Å². The first-order valence-corrected chi connectivity index (χ1v) is 3.42. The first kappa shape index (κ1) is 8.90. The fraction of sp³-hybridized carbons (Fsp3) is 0.143. The smallest absolute Gasteiger partial charge is 0.509 e. The molecule has 0 fully saturated rings. The summed E-state index contributed by atoms with van der Waals surface area (Å²) in [4.78, 5) is 0. The fourth-order valence-electron chi connectivity index (χ4n) is 0.896. The minimum absolute atomic E-state index is 0.0903. The topological polar surface area (TPSA) is 69.9 Å². The van der Waals surface area contributed by atoms with Gasteiger partial charge < -0.3 is 19.8 Å². The number of benzene rings is 1. The molecule has 0 amide bonds. The van der Waals surface area contributed by atoms with E-state index in [0.717, 1.165) is 0 Å². The van der Waals surface area contributed by atoms with Gasteiger partial charge in [-0.1, -0.05) is 12.1 Å². The third kappa shape index (κ3) is 1.90. The van der Waals surface area contributed by atoms with Gasteiger partial charge in [0.2, 0.25) is 0 Å². The van der Waals surface area contributed by atoms with Crippen molar-refractivity contribution in [1.29, 1.82) is 0 Å². The first-order valence-electron chi connectivity index (χ1n) is 3.42. The van der Waals surface area contributed by atoms with E-state index < -0.39 is 7.32 Å². The molecule has 0 heterocycles. The highest BCUT2D eigenvalue weighted by Crippen LogP contribution is 2.28. The summed E-state index contributed by atoms with van der Waals surface area (Å²) >= 11 is 0. The summed E-state index contributed by atoms with van der Waals surface area (Å²) < 4.78 is 4.54. The van der Waals surface area contributed by atoms with Gasteiger partial charge in [-0.25, -0.2) is 0 Å². The lowest BCUT2D eigenvalue weighted by molar-refractivity contribution is 0.280. The normalized spacial score (nSPS) is 9.58. The van der Waals surface area contributed by atoms with Crippen LogP contribution < -0.4 is 4.65 Å². The molecule has 1 rings (SSSR count). The number of para-hydroxylation sites is 1. The second-order valence-electron chi connectivity index (χ2n) is 2.37. The average molecular weight is 168 g/mol. The van der Waals surface area contributed by atoms with Crippen LogP contribution in [0, 0.1) is 6.92 Å². The van der Waals surface area contributed by atoms with Crippen molar-refractivity contribution in [1.82, 2.24) is 0 Å². The SMILES string of the molecule is Cc1cccc(O)c1OB(O)O. The Morgan fingerprint density at radius 3 is 2.50 bits per heavy atom. The molecule has 0 unspecified atom stereocenters. The van der Waals surface area contributed by atoms with Gasteiger partial charge in [0, 0.05) is 0 Å². The van der Waals surface area contributed by atoms with Crippen LogP contribution in [0.5, 0.6) is 11.5 Å². The molecular formula is C7H9BO4. The number of aryl methyl sites for hydroxylation is 1. The molecule has 5 heteroatoms. The average Bonchev–Trinajstić information content (AvgIpc) is 1.97. The van der Waals surface area contributed by atoms with E-state index in [1.165, 1.54) is 6.07 Å². The zero-order chi connectivity index (χ0) is 9.14. The highest BCUT2D eigenvalue weighted by Gasteiger charge is 2.15. The molecule has 64 valence electrons. The summed E-state index contributed by atoms with van der Waals surface area (Å²) in [7, 11) is -1.91. The zero-order valence-electron chi connectivity index (χ0n) is 6.56. The van der Waals surface area contributed by atoms with Gasteiger partial charge >= 0.3 is 7.32 Å². The number of rotatable bonds is 2. The summed E-state index contributed by atoms with van der Waals surface area (Å²) in [6.45, 7) is 1.69. The Hall–Kier alpha value is -1.20. The first-order chi connectivity index (χ1) is 5.61. The van der Waals surface area contributed by atoms with Crippen molar-refractivity contribution in [2.45, 2.75) is 6.92 Å². The summed E-state index contributed by atoms with van der Waals surface area (Å²) in [5, 5.41) is 26.1. The van der Waals surface area contributed by atoms with E-state index in [1.54, 1.807) is 19.1 Å². The lowest BCUT2D eigenvalue weighted by Gasteiger charge is -2.08. The monoisotopic (exact) mass is 168 g/mol. The summed E-state index contributed by atoms with van der Waals surface area (Å²) in [5.41, 5.74) is 0.642. The maximum absolute atomic E-state index is 9.19. The quantitative estimate of drug-likeness (QED) is 0.545. The fourth-order valence-corrected chi connectivity index (χ4v) is 0.896. The van der Waals surface area contributed by atoms with E-state index in [0.29, 0.717) is 5.56 Å². The number of hydrogen-bond acceptors (Lipinski definition) is 4. The molecule has 0 spiro atoms. The molecule has 1 aromatic rings. The second kappa shape index (κ2) is 3.47. The molecule has 0 aromatic heterocycles. The van der Waals surface area contributed by atoms with Crippen molar-refractivity contribution in [2.24, 2.45) is 0 Å². The van der Waals surface area contributed by atoms with Gasteiger partial charge in [0.1, 0.15) is 5.75 Å². The van der Waals surface area contributed by atoms with Crippen LogP contribution in [0.25, 0.3) is 0 Å². The van der Waals surface area contributed by atoms with Crippen molar-refractivity contribution in [3.8, 4) is 11.5 Å². The zero-order valence-corrected chi connectivity index (χ0v) is 6.56. The molecule has 0 radical (unpaired) electrons. The van der Waals surface area contributed by atoms with E-state index in [4.69, 9.17) is 10.0 Å². The molecule has 0 bridgehead atoms. The second-order valence-corrected chi connectivity index (χ2v) is 2.37. The molecule has 0 aliphatic heterocycles. The molecule has 12 heavy (non-hydrogen) atoms. The molecule has 1 aromatic carbocycles. The van der Waals surface area contributed by atoms with E-state index in [2.05, 4.69) is 4.65 Å². The van der Waals surface area contributed by atoms with Gasteiger partial charge in [-0.05, 0) is 18.6 Å². The van der Waals surface area contributed by atoms with Gasteiger partial charge in [0.25, 0.3) is 0 Å². The minimum Gasteiger partial charge on any atom is -0.509 e. The summed E-state index contributed by atoms with van der Waals surface area (Å²) in [6, 6.07) is 4.74. The Morgan fingerprint density at radius 1 is 1.33 bits per heavy atom. The Kier molecular flexibility index (Phi) is 2.57. The predicted molar refractivity (Wildman–Crippen MR) is 43.7 cm³/mol. The predicted octanol–water partition coefficient (Wildman–Crippen LogP) is 0.0489. The minimum atomic E-state index is -1.91. The number of phenolic OH excluding ortho intramolecular Hbond substituents is 1. The standard InChI is InChI=1S/C7H9BO4/c1-5-3-2-4-6(9)7(5)12-8(10)11/h2-4,9-11H,1H3. The number of hydrogen-bond donors (Lipinski definition) is 3. The van der Waals surface area contributed by atoms with E-state index in [1.807, 2.05) is 0 Å². The van der Waals surface area contributed by atoms with Gasteiger partial charge in [-0.15, -0.1) is 0 Å². The Bertz CT molecular complexity index is 254. The Balaban J connectivity index is 2.96. The lowest BCUT2D eigenvalue weighted by Crippen LogP contribution is -2.21. The number of phenols is 1. The van der Waals surface area contributed by atoms with Gasteiger partial charge in [-0.2, -0.15) is 0 Å². The van der Waals surface area contributed by atoms with Crippen LogP contribution >= 0.6 is 0 Å². The summed E-state index contributed by atoms with van der Waals surface area (Å²) in [5.74, 6) is -0.0180. The Labute approximate surface area is 70.2 Å². The van der Waals surface area contributed by atoms with Crippen LogP contribution in [0.4, 0.5) is 0 Å². The molecule has 3 N–H and O–H groups in total. The van der Waals surface area contributed by atoms with Crippen LogP contribution in [0.3, 0.4) is 0 Å². The van der Waals surface area contributed by atoms with Crippen LogP contribution in [0.1, 0.15) is 5.56 Å². The van der Waals surface area contributed by atoms with Crippen LogP contribution in [-0.2, 0) is 0 Å². The van der Waals surface area contributed by atoms with E-state index in [-0.39, 0.29) is 11.5 Å².